The van der Waals surface area contributed by atoms with Gasteiger partial charge in [0.2, 0.25) is 0 Å². The molecular weight excluding hydrogens is 244 g/mol. The van der Waals surface area contributed by atoms with Gasteiger partial charge >= 0.3 is 0 Å². The van der Waals surface area contributed by atoms with Crippen LogP contribution in [0.5, 0.6) is 11.5 Å². The van der Waals surface area contributed by atoms with Crippen molar-refractivity contribution in [2.45, 2.75) is 31.3 Å². The molecule has 2 aliphatic rings. The SMILES string of the molecule is O=C(NC1CCN2CCCC12)c1c(O)cccc1O. The number of aromatic hydroxyl groups is 2. The number of hydrogen-bond acceptors (Lipinski definition) is 4. The van der Waals surface area contributed by atoms with Crippen molar-refractivity contribution in [2.24, 2.45) is 0 Å². The lowest BCUT2D eigenvalue weighted by molar-refractivity contribution is 0.0924. The quantitative estimate of drug-likeness (QED) is 0.745. The molecule has 1 aromatic carbocycles. The van der Waals surface area contributed by atoms with Gasteiger partial charge in [0.05, 0.1) is 0 Å². The van der Waals surface area contributed by atoms with Gasteiger partial charge in [0.25, 0.3) is 5.91 Å². The molecule has 2 heterocycles. The summed E-state index contributed by atoms with van der Waals surface area (Å²) in [7, 11) is 0. The minimum atomic E-state index is -0.394. The minimum absolute atomic E-state index is 0.0288. The largest absolute Gasteiger partial charge is 0.507 e. The Kier molecular flexibility index (Phi) is 3.06. The Morgan fingerprint density at radius 1 is 1.21 bits per heavy atom. The average Bonchev–Trinajstić information content (AvgIpc) is 2.94. The highest BCUT2D eigenvalue weighted by Crippen LogP contribution is 2.30. The van der Waals surface area contributed by atoms with Crippen LogP contribution in [0.15, 0.2) is 18.2 Å². The van der Waals surface area contributed by atoms with Gasteiger partial charge in [-0.3, -0.25) is 9.69 Å². The second-order valence-electron chi connectivity index (χ2n) is 5.29. The standard InChI is InChI=1S/C14H18N2O3/c17-11-4-1-5-12(18)13(11)14(19)15-9-6-8-16-7-2-3-10(9)16/h1,4-5,9-10,17-18H,2-3,6-8H2,(H,15,19). The third-order valence-electron chi connectivity index (χ3n) is 4.17. The number of nitrogens with zero attached hydrogens (tertiary/aromatic N) is 1. The maximum atomic E-state index is 12.2. The zero-order valence-electron chi connectivity index (χ0n) is 10.7. The van der Waals surface area contributed by atoms with E-state index in [1.54, 1.807) is 0 Å². The Hall–Kier alpha value is -1.75. The molecule has 2 unspecified atom stereocenters. The van der Waals surface area contributed by atoms with E-state index in [0.29, 0.717) is 6.04 Å². The first-order chi connectivity index (χ1) is 9.16. The number of fused-ring (bicyclic) bond motifs is 1. The van der Waals surface area contributed by atoms with E-state index >= 15 is 0 Å². The van der Waals surface area contributed by atoms with E-state index in [0.717, 1.165) is 25.9 Å². The van der Waals surface area contributed by atoms with Crippen LogP contribution in [0.1, 0.15) is 29.6 Å². The zero-order chi connectivity index (χ0) is 13.4. The minimum Gasteiger partial charge on any atom is -0.507 e. The summed E-state index contributed by atoms with van der Waals surface area (Å²) < 4.78 is 0. The van der Waals surface area contributed by atoms with E-state index in [2.05, 4.69) is 10.2 Å². The first-order valence-electron chi connectivity index (χ1n) is 6.72. The molecule has 3 rings (SSSR count). The van der Waals surface area contributed by atoms with Gasteiger partial charge in [-0.25, -0.2) is 0 Å². The van der Waals surface area contributed by atoms with Crippen molar-refractivity contribution in [3.63, 3.8) is 0 Å². The number of benzene rings is 1. The van der Waals surface area contributed by atoms with Crippen molar-refractivity contribution in [3.8, 4) is 11.5 Å². The zero-order valence-corrected chi connectivity index (χ0v) is 10.7. The molecule has 3 N–H and O–H groups in total. The van der Waals surface area contributed by atoms with E-state index in [1.165, 1.54) is 24.6 Å². The monoisotopic (exact) mass is 262 g/mol. The number of carbonyl (C=O) groups is 1. The van der Waals surface area contributed by atoms with Crippen LogP contribution in [-0.2, 0) is 0 Å². The fraction of sp³-hybridized carbons (Fsp3) is 0.500. The van der Waals surface area contributed by atoms with Crippen molar-refractivity contribution in [1.82, 2.24) is 10.2 Å². The molecule has 0 saturated carbocycles. The van der Waals surface area contributed by atoms with Gasteiger partial charge in [0.15, 0.2) is 0 Å². The molecule has 102 valence electrons. The lowest BCUT2D eigenvalue weighted by Gasteiger charge is -2.21. The van der Waals surface area contributed by atoms with Crippen molar-refractivity contribution >= 4 is 5.91 Å². The molecule has 0 aromatic heterocycles. The summed E-state index contributed by atoms with van der Waals surface area (Å²) in [5, 5.41) is 22.3. The second kappa shape index (κ2) is 4.74. The van der Waals surface area contributed by atoms with Gasteiger partial charge < -0.3 is 15.5 Å². The number of amides is 1. The predicted octanol–water partition coefficient (Wildman–Crippen LogP) is 1.06. The number of rotatable bonds is 2. The maximum absolute atomic E-state index is 12.2. The normalized spacial score (nSPS) is 26.3. The number of phenols is 2. The Morgan fingerprint density at radius 2 is 1.95 bits per heavy atom. The summed E-state index contributed by atoms with van der Waals surface area (Å²) in [6.07, 6.45) is 3.22. The van der Waals surface area contributed by atoms with Crippen LogP contribution in [0.3, 0.4) is 0 Å². The van der Waals surface area contributed by atoms with Crippen molar-refractivity contribution in [1.29, 1.82) is 0 Å². The van der Waals surface area contributed by atoms with Crippen molar-refractivity contribution in [3.05, 3.63) is 23.8 Å². The Bertz CT molecular complexity index is 483. The summed E-state index contributed by atoms with van der Waals surface area (Å²) in [5.41, 5.74) is -0.0288. The summed E-state index contributed by atoms with van der Waals surface area (Å²) >= 11 is 0. The first-order valence-corrected chi connectivity index (χ1v) is 6.72. The fourth-order valence-corrected chi connectivity index (χ4v) is 3.25. The summed E-state index contributed by atoms with van der Waals surface area (Å²) in [6.45, 7) is 2.13. The molecule has 5 nitrogen and oxygen atoms in total. The first kappa shape index (κ1) is 12.3. The van der Waals surface area contributed by atoms with Crippen LogP contribution in [0.25, 0.3) is 0 Å². The maximum Gasteiger partial charge on any atom is 0.259 e. The van der Waals surface area contributed by atoms with Crippen LogP contribution in [0.2, 0.25) is 0 Å². The molecule has 2 fully saturated rings. The molecule has 2 saturated heterocycles. The third-order valence-corrected chi connectivity index (χ3v) is 4.17. The molecule has 2 atom stereocenters. The van der Waals surface area contributed by atoms with Gasteiger partial charge in [0.1, 0.15) is 17.1 Å². The highest BCUT2D eigenvalue weighted by molar-refractivity contribution is 5.99. The Balaban J connectivity index is 1.75. The van der Waals surface area contributed by atoms with Crippen LogP contribution < -0.4 is 5.32 Å². The summed E-state index contributed by atoms with van der Waals surface area (Å²) in [6, 6.07) is 4.86. The number of carbonyl (C=O) groups excluding carboxylic acids is 1. The number of phenolic OH excluding ortho intramolecular Hbond substituents is 2. The van der Waals surface area contributed by atoms with E-state index in [4.69, 9.17) is 0 Å². The smallest absolute Gasteiger partial charge is 0.259 e. The van der Waals surface area contributed by atoms with Crippen LogP contribution >= 0.6 is 0 Å². The molecule has 2 aliphatic heterocycles. The third kappa shape index (κ3) is 2.14. The Labute approximate surface area is 111 Å². The summed E-state index contributed by atoms with van der Waals surface area (Å²) in [4.78, 5) is 14.6. The van der Waals surface area contributed by atoms with E-state index in [9.17, 15) is 15.0 Å². The molecule has 0 aliphatic carbocycles. The Morgan fingerprint density at radius 3 is 2.68 bits per heavy atom. The average molecular weight is 262 g/mol. The lowest BCUT2D eigenvalue weighted by Crippen LogP contribution is -2.42. The van der Waals surface area contributed by atoms with Gasteiger partial charge in [-0.2, -0.15) is 0 Å². The van der Waals surface area contributed by atoms with Gasteiger partial charge in [-0.1, -0.05) is 6.07 Å². The van der Waals surface area contributed by atoms with Gasteiger partial charge in [-0.15, -0.1) is 0 Å². The predicted molar refractivity (Wildman–Crippen MR) is 70.2 cm³/mol. The van der Waals surface area contributed by atoms with Crippen molar-refractivity contribution < 1.29 is 15.0 Å². The molecule has 0 radical (unpaired) electrons. The molecule has 0 spiro atoms. The topological polar surface area (TPSA) is 72.8 Å². The van der Waals surface area contributed by atoms with E-state index < -0.39 is 5.91 Å². The molecule has 1 amide bonds. The molecular formula is C14H18N2O3. The van der Waals surface area contributed by atoms with E-state index in [1.807, 2.05) is 0 Å². The van der Waals surface area contributed by atoms with Gasteiger partial charge in [-0.05, 0) is 37.9 Å². The van der Waals surface area contributed by atoms with Crippen molar-refractivity contribution in [2.75, 3.05) is 13.1 Å². The lowest BCUT2D eigenvalue weighted by atomic mass is 10.1. The molecule has 0 bridgehead atoms. The highest BCUT2D eigenvalue weighted by atomic mass is 16.3. The van der Waals surface area contributed by atoms with E-state index in [-0.39, 0.29) is 23.1 Å². The van der Waals surface area contributed by atoms with Crippen LogP contribution in [-0.4, -0.2) is 46.2 Å². The number of nitrogens with one attached hydrogen (secondary N) is 1. The fourth-order valence-electron chi connectivity index (χ4n) is 3.25. The van der Waals surface area contributed by atoms with Gasteiger partial charge in [0, 0.05) is 18.6 Å². The number of hydrogen-bond donors (Lipinski definition) is 3. The van der Waals surface area contributed by atoms with Crippen LogP contribution in [0.4, 0.5) is 0 Å². The molecule has 19 heavy (non-hydrogen) atoms. The van der Waals surface area contributed by atoms with Crippen LogP contribution in [0, 0.1) is 0 Å². The molecule has 5 heteroatoms. The highest BCUT2D eigenvalue weighted by Gasteiger charge is 2.38. The summed E-state index contributed by atoms with van der Waals surface area (Å²) in [5.74, 6) is -0.757. The molecule has 1 aromatic rings. The second-order valence-corrected chi connectivity index (χ2v) is 5.29.